The standard InChI is InChI=1S/C21H25N3O3S/c1-4-5-13-27-18-11-9-15(10-12-18)19(25)23-21(28)22-17-8-6-7-16(14-17)20(26)24(2)3/h6-12,14H,4-5,13H2,1-3H3,(H2,22,23,25,28). The molecule has 0 unspecified atom stereocenters. The second-order valence-corrected chi connectivity index (χ2v) is 6.82. The number of unbranched alkanes of at least 4 members (excludes halogenated alkanes) is 1. The Labute approximate surface area is 170 Å². The Morgan fingerprint density at radius 1 is 1.07 bits per heavy atom. The highest BCUT2D eigenvalue weighted by Crippen LogP contribution is 2.14. The molecule has 148 valence electrons. The molecule has 0 atom stereocenters. The minimum Gasteiger partial charge on any atom is -0.494 e. The summed E-state index contributed by atoms with van der Waals surface area (Å²) in [6.45, 7) is 2.76. The molecule has 0 heterocycles. The van der Waals surface area contributed by atoms with Crippen LogP contribution in [0.25, 0.3) is 0 Å². The van der Waals surface area contributed by atoms with Crippen molar-refractivity contribution in [2.45, 2.75) is 19.8 Å². The summed E-state index contributed by atoms with van der Waals surface area (Å²) in [5, 5.41) is 5.72. The third kappa shape index (κ3) is 6.35. The summed E-state index contributed by atoms with van der Waals surface area (Å²) in [4.78, 5) is 25.9. The van der Waals surface area contributed by atoms with Crippen molar-refractivity contribution in [3.05, 3.63) is 59.7 Å². The van der Waals surface area contributed by atoms with Crippen molar-refractivity contribution in [3.63, 3.8) is 0 Å². The number of carbonyl (C=O) groups excluding carboxylic acids is 2. The molecule has 2 aromatic rings. The zero-order valence-corrected chi connectivity index (χ0v) is 17.1. The largest absolute Gasteiger partial charge is 0.494 e. The van der Waals surface area contributed by atoms with Gasteiger partial charge in [-0.1, -0.05) is 19.4 Å². The maximum Gasteiger partial charge on any atom is 0.257 e. The fraction of sp³-hybridized carbons (Fsp3) is 0.286. The van der Waals surface area contributed by atoms with Gasteiger partial charge in [-0.2, -0.15) is 0 Å². The van der Waals surface area contributed by atoms with Gasteiger partial charge in [-0.25, -0.2) is 0 Å². The number of ether oxygens (including phenoxy) is 1. The van der Waals surface area contributed by atoms with Crippen LogP contribution in [0.3, 0.4) is 0 Å². The topological polar surface area (TPSA) is 70.7 Å². The zero-order valence-electron chi connectivity index (χ0n) is 16.3. The Balaban J connectivity index is 1.93. The number of amides is 2. The maximum atomic E-state index is 12.3. The first kappa shape index (κ1) is 21.4. The van der Waals surface area contributed by atoms with Crippen LogP contribution in [-0.2, 0) is 0 Å². The molecule has 0 aromatic heterocycles. The number of anilines is 1. The van der Waals surface area contributed by atoms with E-state index in [4.69, 9.17) is 17.0 Å². The smallest absolute Gasteiger partial charge is 0.257 e. The van der Waals surface area contributed by atoms with Gasteiger partial charge < -0.3 is 15.0 Å². The Kier molecular flexibility index (Phi) is 7.95. The maximum absolute atomic E-state index is 12.3. The molecule has 0 spiro atoms. The molecule has 0 aliphatic carbocycles. The summed E-state index contributed by atoms with van der Waals surface area (Å²) in [7, 11) is 3.38. The molecular weight excluding hydrogens is 374 g/mol. The second kappa shape index (κ2) is 10.4. The normalized spacial score (nSPS) is 10.1. The molecule has 0 saturated carbocycles. The van der Waals surface area contributed by atoms with E-state index in [0.29, 0.717) is 23.4 Å². The summed E-state index contributed by atoms with van der Waals surface area (Å²) in [6, 6.07) is 13.8. The van der Waals surface area contributed by atoms with Crippen LogP contribution in [0.4, 0.5) is 5.69 Å². The van der Waals surface area contributed by atoms with E-state index in [9.17, 15) is 9.59 Å². The first-order valence-corrected chi connectivity index (χ1v) is 9.48. The molecule has 0 aliphatic heterocycles. The third-order valence-corrected chi connectivity index (χ3v) is 4.09. The van der Waals surface area contributed by atoms with Crippen molar-refractivity contribution >= 4 is 34.8 Å². The van der Waals surface area contributed by atoms with Gasteiger partial charge in [0, 0.05) is 30.9 Å². The minimum absolute atomic E-state index is 0.111. The third-order valence-electron chi connectivity index (χ3n) is 3.88. The highest BCUT2D eigenvalue weighted by molar-refractivity contribution is 7.80. The number of hydrogen-bond donors (Lipinski definition) is 2. The fourth-order valence-corrected chi connectivity index (χ4v) is 2.57. The molecule has 0 fully saturated rings. The molecular formula is C21H25N3O3S. The molecule has 0 radical (unpaired) electrons. The van der Waals surface area contributed by atoms with E-state index in [0.717, 1.165) is 18.6 Å². The van der Waals surface area contributed by atoms with E-state index >= 15 is 0 Å². The van der Waals surface area contributed by atoms with Gasteiger partial charge >= 0.3 is 0 Å². The van der Waals surface area contributed by atoms with Crippen LogP contribution in [0.5, 0.6) is 5.75 Å². The van der Waals surface area contributed by atoms with Crippen LogP contribution in [0, 0.1) is 0 Å². The number of nitrogens with zero attached hydrogens (tertiary/aromatic N) is 1. The number of carbonyl (C=O) groups is 2. The highest BCUT2D eigenvalue weighted by Gasteiger charge is 2.11. The van der Waals surface area contributed by atoms with Gasteiger partial charge in [-0.3, -0.25) is 14.9 Å². The fourth-order valence-electron chi connectivity index (χ4n) is 2.36. The molecule has 0 bridgehead atoms. The molecule has 0 aliphatic rings. The first-order chi connectivity index (χ1) is 13.4. The van der Waals surface area contributed by atoms with E-state index < -0.39 is 0 Å². The Morgan fingerprint density at radius 3 is 2.43 bits per heavy atom. The van der Waals surface area contributed by atoms with E-state index in [-0.39, 0.29) is 16.9 Å². The van der Waals surface area contributed by atoms with Gasteiger partial charge in [0.15, 0.2) is 5.11 Å². The second-order valence-electron chi connectivity index (χ2n) is 6.42. The summed E-state index contributed by atoms with van der Waals surface area (Å²) < 4.78 is 5.59. The van der Waals surface area contributed by atoms with Crippen LogP contribution >= 0.6 is 12.2 Å². The van der Waals surface area contributed by atoms with Crippen molar-refractivity contribution in [1.82, 2.24) is 10.2 Å². The Bertz CT molecular complexity index is 835. The molecule has 28 heavy (non-hydrogen) atoms. The molecule has 2 amide bonds. The van der Waals surface area contributed by atoms with Crippen LogP contribution in [0.1, 0.15) is 40.5 Å². The van der Waals surface area contributed by atoms with Crippen molar-refractivity contribution in [2.24, 2.45) is 0 Å². The van der Waals surface area contributed by atoms with Crippen LogP contribution in [0.2, 0.25) is 0 Å². The predicted octanol–water partition coefficient (Wildman–Crippen LogP) is 3.69. The van der Waals surface area contributed by atoms with E-state index in [1.807, 2.05) is 0 Å². The minimum atomic E-state index is -0.321. The van der Waals surface area contributed by atoms with E-state index in [1.165, 1.54) is 4.90 Å². The van der Waals surface area contributed by atoms with Crippen molar-refractivity contribution in [1.29, 1.82) is 0 Å². The number of rotatable bonds is 7. The molecule has 2 N–H and O–H groups in total. The van der Waals surface area contributed by atoms with Crippen LogP contribution < -0.4 is 15.4 Å². The predicted molar refractivity (Wildman–Crippen MR) is 115 cm³/mol. The molecule has 2 rings (SSSR count). The molecule has 6 nitrogen and oxygen atoms in total. The Morgan fingerprint density at radius 2 is 1.79 bits per heavy atom. The number of nitrogens with one attached hydrogen (secondary N) is 2. The SMILES string of the molecule is CCCCOc1ccc(C(=O)NC(=S)Nc2cccc(C(=O)N(C)C)c2)cc1. The van der Waals surface area contributed by atoms with Gasteiger partial charge in [0.2, 0.25) is 0 Å². The zero-order chi connectivity index (χ0) is 20.5. The van der Waals surface area contributed by atoms with Crippen molar-refractivity contribution in [3.8, 4) is 5.75 Å². The lowest BCUT2D eigenvalue weighted by Crippen LogP contribution is -2.34. The average molecular weight is 400 g/mol. The van der Waals surface area contributed by atoms with E-state index in [1.54, 1.807) is 62.6 Å². The first-order valence-electron chi connectivity index (χ1n) is 9.07. The lowest BCUT2D eigenvalue weighted by atomic mass is 10.2. The summed E-state index contributed by atoms with van der Waals surface area (Å²) >= 11 is 5.21. The number of thiocarbonyl (C=S) groups is 1. The van der Waals surface area contributed by atoms with Crippen LogP contribution in [0.15, 0.2) is 48.5 Å². The Hall–Kier alpha value is -2.93. The van der Waals surface area contributed by atoms with E-state index in [2.05, 4.69) is 17.6 Å². The molecule has 0 saturated heterocycles. The van der Waals surface area contributed by atoms with Gasteiger partial charge in [-0.05, 0) is 61.1 Å². The average Bonchev–Trinajstić information content (AvgIpc) is 2.68. The van der Waals surface area contributed by atoms with Crippen molar-refractivity contribution < 1.29 is 14.3 Å². The van der Waals surface area contributed by atoms with Crippen molar-refractivity contribution in [2.75, 3.05) is 26.0 Å². The van der Waals surface area contributed by atoms with Gasteiger partial charge in [0.1, 0.15) is 5.75 Å². The lowest BCUT2D eigenvalue weighted by Gasteiger charge is -2.13. The number of hydrogen-bond acceptors (Lipinski definition) is 4. The lowest BCUT2D eigenvalue weighted by molar-refractivity contribution is 0.0827. The summed E-state index contributed by atoms with van der Waals surface area (Å²) in [6.07, 6.45) is 2.06. The summed E-state index contributed by atoms with van der Waals surface area (Å²) in [5.41, 5.74) is 1.63. The van der Waals surface area contributed by atoms with Gasteiger partial charge in [0.05, 0.1) is 6.61 Å². The molecule has 2 aromatic carbocycles. The summed E-state index contributed by atoms with van der Waals surface area (Å²) in [5.74, 6) is 0.297. The van der Waals surface area contributed by atoms with Gasteiger partial charge in [-0.15, -0.1) is 0 Å². The highest BCUT2D eigenvalue weighted by atomic mass is 32.1. The number of benzene rings is 2. The van der Waals surface area contributed by atoms with Gasteiger partial charge in [0.25, 0.3) is 11.8 Å². The monoisotopic (exact) mass is 399 g/mol. The molecule has 7 heteroatoms. The quantitative estimate of drug-likeness (QED) is 0.549. The van der Waals surface area contributed by atoms with Crippen LogP contribution in [-0.4, -0.2) is 42.5 Å².